The molecule has 0 unspecified atom stereocenters. The third-order valence-electron chi connectivity index (χ3n) is 2.77. The molecule has 0 aliphatic carbocycles. The van der Waals surface area contributed by atoms with Gasteiger partial charge in [-0.3, -0.25) is 4.79 Å². The van der Waals surface area contributed by atoms with Gasteiger partial charge in [0.2, 0.25) is 5.91 Å². The van der Waals surface area contributed by atoms with Gasteiger partial charge in [-0.2, -0.15) is 13.2 Å². The molecule has 2 aromatic carbocycles. The van der Waals surface area contributed by atoms with Crippen LogP contribution in [0.3, 0.4) is 0 Å². The van der Waals surface area contributed by atoms with Crippen LogP contribution in [-0.2, 0) is 11.0 Å². The zero-order valence-electron chi connectivity index (χ0n) is 11.2. The van der Waals surface area contributed by atoms with Gasteiger partial charge in [-0.25, -0.2) is 0 Å². The molecule has 6 heteroatoms. The molecular weight excluding hydrogens is 315 g/mol. The Morgan fingerprint density at radius 2 is 1.82 bits per heavy atom. The van der Waals surface area contributed by atoms with Gasteiger partial charge in [0.25, 0.3) is 0 Å². The molecule has 2 rings (SSSR count). The zero-order chi connectivity index (χ0) is 16.2. The minimum absolute atomic E-state index is 0.282. The van der Waals surface area contributed by atoms with Crippen LogP contribution in [0.4, 0.5) is 18.9 Å². The molecule has 114 valence electrons. The summed E-state index contributed by atoms with van der Waals surface area (Å²) in [5.41, 5.74) is -0.498. The van der Waals surface area contributed by atoms with E-state index in [2.05, 4.69) is 5.32 Å². The quantitative estimate of drug-likeness (QED) is 0.790. The van der Waals surface area contributed by atoms with E-state index in [1.165, 1.54) is 24.3 Å². The summed E-state index contributed by atoms with van der Waals surface area (Å²) >= 11 is 5.80. The lowest BCUT2D eigenvalue weighted by molar-refractivity contribution is -0.136. The minimum Gasteiger partial charge on any atom is -0.322 e. The van der Waals surface area contributed by atoms with Gasteiger partial charge in [-0.1, -0.05) is 35.9 Å². The summed E-state index contributed by atoms with van der Waals surface area (Å²) in [6.07, 6.45) is -1.91. The highest BCUT2D eigenvalue weighted by Crippen LogP contribution is 2.34. The molecule has 0 atom stereocenters. The number of hydrogen-bond acceptors (Lipinski definition) is 1. The molecule has 0 aromatic heterocycles. The van der Waals surface area contributed by atoms with Crippen molar-refractivity contribution >= 4 is 29.3 Å². The Morgan fingerprint density at radius 3 is 2.50 bits per heavy atom. The van der Waals surface area contributed by atoms with Gasteiger partial charge in [0.05, 0.1) is 11.3 Å². The Bertz CT molecular complexity index is 711. The van der Waals surface area contributed by atoms with Crippen LogP contribution in [0.25, 0.3) is 6.08 Å². The number of carbonyl (C=O) groups is 1. The van der Waals surface area contributed by atoms with E-state index in [-0.39, 0.29) is 5.69 Å². The van der Waals surface area contributed by atoms with Gasteiger partial charge in [-0.15, -0.1) is 0 Å². The van der Waals surface area contributed by atoms with Crippen molar-refractivity contribution in [2.24, 2.45) is 0 Å². The van der Waals surface area contributed by atoms with Crippen molar-refractivity contribution in [3.05, 3.63) is 70.8 Å². The average Bonchev–Trinajstić information content (AvgIpc) is 2.45. The molecule has 1 N–H and O–H groups in total. The van der Waals surface area contributed by atoms with E-state index in [9.17, 15) is 18.0 Å². The highest BCUT2D eigenvalue weighted by molar-refractivity contribution is 6.30. The first-order valence-electron chi connectivity index (χ1n) is 6.27. The predicted molar refractivity (Wildman–Crippen MR) is 80.6 cm³/mol. The molecule has 0 radical (unpaired) electrons. The molecule has 0 saturated heterocycles. The maximum absolute atomic E-state index is 12.8. The number of amides is 1. The van der Waals surface area contributed by atoms with E-state index in [1.807, 2.05) is 0 Å². The van der Waals surface area contributed by atoms with Crippen LogP contribution < -0.4 is 5.32 Å². The zero-order valence-corrected chi connectivity index (χ0v) is 11.9. The topological polar surface area (TPSA) is 29.1 Å². The Hall–Kier alpha value is -2.27. The summed E-state index contributed by atoms with van der Waals surface area (Å²) in [6.45, 7) is 0. The molecule has 0 heterocycles. The number of rotatable bonds is 3. The van der Waals surface area contributed by atoms with Crippen LogP contribution in [-0.4, -0.2) is 5.91 Å². The number of anilines is 1. The molecule has 2 nitrogen and oxygen atoms in total. The molecule has 22 heavy (non-hydrogen) atoms. The lowest BCUT2D eigenvalue weighted by atomic mass is 10.1. The second-order valence-corrected chi connectivity index (χ2v) is 4.86. The SMILES string of the molecule is O=C(/C=C/c1cccc(Cl)c1)Nc1ccccc1C(F)(F)F. The number of benzene rings is 2. The van der Waals surface area contributed by atoms with Crippen molar-refractivity contribution in [1.29, 1.82) is 0 Å². The monoisotopic (exact) mass is 325 g/mol. The largest absolute Gasteiger partial charge is 0.418 e. The van der Waals surface area contributed by atoms with Gasteiger partial charge >= 0.3 is 6.18 Å². The van der Waals surface area contributed by atoms with Crippen LogP contribution in [0.1, 0.15) is 11.1 Å². The van der Waals surface area contributed by atoms with E-state index >= 15 is 0 Å². The first-order chi connectivity index (χ1) is 10.4. The van der Waals surface area contributed by atoms with Gasteiger partial charge in [-0.05, 0) is 35.9 Å². The fourth-order valence-electron chi connectivity index (χ4n) is 1.80. The van der Waals surface area contributed by atoms with Crippen molar-refractivity contribution in [2.45, 2.75) is 6.18 Å². The summed E-state index contributed by atoms with van der Waals surface area (Å²) in [7, 11) is 0. The highest BCUT2D eigenvalue weighted by atomic mass is 35.5. The van der Waals surface area contributed by atoms with E-state index in [4.69, 9.17) is 11.6 Å². The van der Waals surface area contributed by atoms with Crippen molar-refractivity contribution in [3.8, 4) is 0 Å². The summed E-state index contributed by atoms with van der Waals surface area (Å²) in [5.74, 6) is -0.656. The van der Waals surface area contributed by atoms with E-state index < -0.39 is 17.6 Å². The minimum atomic E-state index is -4.53. The second kappa shape index (κ2) is 6.66. The van der Waals surface area contributed by atoms with Crippen molar-refractivity contribution in [1.82, 2.24) is 0 Å². The number of alkyl halides is 3. The highest BCUT2D eigenvalue weighted by Gasteiger charge is 2.33. The number of halogens is 4. The van der Waals surface area contributed by atoms with Crippen molar-refractivity contribution in [2.75, 3.05) is 5.32 Å². The first-order valence-corrected chi connectivity index (χ1v) is 6.65. The number of para-hydroxylation sites is 1. The van der Waals surface area contributed by atoms with Crippen LogP contribution in [0.15, 0.2) is 54.6 Å². The molecule has 0 spiro atoms. The lowest BCUT2D eigenvalue weighted by Gasteiger charge is -2.12. The maximum Gasteiger partial charge on any atom is 0.418 e. The normalized spacial score (nSPS) is 11.6. The molecule has 0 fully saturated rings. The molecule has 0 aliphatic heterocycles. The van der Waals surface area contributed by atoms with Crippen LogP contribution in [0.2, 0.25) is 5.02 Å². The lowest BCUT2D eigenvalue weighted by Crippen LogP contribution is -2.14. The second-order valence-electron chi connectivity index (χ2n) is 4.42. The third-order valence-corrected chi connectivity index (χ3v) is 3.00. The first kappa shape index (κ1) is 16.1. The standard InChI is InChI=1S/C16H11ClF3NO/c17-12-5-3-4-11(10-12)8-9-15(22)21-14-7-2-1-6-13(14)16(18,19)20/h1-10H,(H,21,22)/b9-8+. The third kappa shape index (κ3) is 4.36. The van der Waals surface area contributed by atoms with Crippen LogP contribution >= 0.6 is 11.6 Å². The molecule has 0 saturated carbocycles. The van der Waals surface area contributed by atoms with Gasteiger partial charge in [0, 0.05) is 11.1 Å². The summed E-state index contributed by atoms with van der Waals surface area (Å²) in [5, 5.41) is 2.73. The van der Waals surface area contributed by atoms with Crippen molar-refractivity contribution < 1.29 is 18.0 Å². The van der Waals surface area contributed by atoms with E-state index in [0.29, 0.717) is 10.6 Å². The van der Waals surface area contributed by atoms with E-state index in [0.717, 1.165) is 12.1 Å². The molecule has 0 aliphatic rings. The van der Waals surface area contributed by atoms with Gasteiger partial charge in [0.1, 0.15) is 0 Å². The summed E-state index contributed by atoms with van der Waals surface area (Å²) in [4.78, 5) is 11.8. The molecule has 1 amide bonds. The number of hydrogen-bond donors (Lipinski definition) is 1. The Labute approximate surface area is 130 Å². The molecular formula is C16H11ClF3NO. The predicted octanol–water partition coefficient (Wildman–Crippen LogP) is 5.01. The average molecular weight is 326 g/mol. The smallest absolute Gasteiger partial charge is 0.322 e. The van der Waals surface area contributed by atoms with Gasteiger partial charge in [0.15, 0.2) is 0 Å². The molecule has 0 bridgehead atoms. The Balaban J connectivity index is 2.13. The van der Waals surface area contributed by atoms with E-state index in [1.54, 1.807) is 24.3 Å². The fraction of sp³-hybridized carbons (Fsp3) is 0.0625. The van der Waals surface area contributed by atoms with Crippen LogP contribution in [0.5, 0.6) is 0 Å². The molecule has 2 aromatic rings. The van der Waals surface area contributed by atoms with Gasteiger partial charge < -0.3 is 5.32 Å². The van der Waals surface area contributed by atoms with Crippen molar-refractivity contribution in [3.63, 3.8) is 0 Å². The Kier molecular flexibility index (Phi) is 4.88. The van der Waals surface area contributed by atoms with Crippen LogP contribution in [0, 0.1) is 0 Å². The summed E-state index contributed by atoms with van der Waals surface area (Å²) < 4.78 is 38.4. The summed E-state index contributed by atoms with van der Waals surface area (Å²) in [6, 6.07) is 11.5. The maximum atomic E-state index is 12.8. The Morgan fingerprint density at radius 1 is 1.09 bits per heavy atom. The number of carbonyl (C=O) groups excluding carboxylic acids is 1. The number of nitrogens with one attached hydrogen (secondary N) is 1. The fourth-order valence-corrected chi connectivity index (χ4v) is 1.99.